The Balaban J connectivity index is 2.16. The molecule has 0 amide bonds. The first-order valence-electron chi connectivity index (χ1n) is 6.00. The molecule has 0 saturated carbocycles. The molecule has 4 heteroatoms. The molecule has 1 aromatic rings. The zero-order chi connectivity index (χ0) is 12.3. The van der Waals surface area contributed by atoms with Crippen LogP contribution in [0.5, 0.6) is 5.75 Å². The molecule has 0 aromatic heterocycles. The summed E-state index contributed by atoms with van der Waals surface area (Å²) in [6, 6.07) is 7.96. The average Bonchev–Trinajstić information content (AvgIpc) is 2.77. The fourth-order valence-corrected chi connectivity index (χ4v) is 2.33. The van der Waals surface area contributed by atoms with Gasteiger partial charge in [0.1, 0.15) is 5.75 Å². The number of ether oxygens (including phenoxy) is 2. The van der Waals surface area contributed by atoms with Crippen molar-refractivity contribution in [1.29, 1.82) is 0 Å². The first-order chi connectivity index (χ1) is 8.24. The summed E-state index contributed by atoms with van der Waals surface area (Å²) in [5.41, 5.74) is 3.95. The van der Waals surface area contributed by atoms with Gasteiger partial charge in [-0.15, -0.1) is 0 Å². The van der Waals surface area contributed by atoms with E-state index in [2.05, 4.69) is 12.3 Å². The monoisotopic (exact) mass is 236 g/mol. The molecule has 94 valence electrons. The van der Waals surface area contributed by atoms with Crippen molar-refractivity contribution >= 4 is 0 Å². The van der Waals surface area contributed by atoms with Gasteiger partial charge in [-0.1, -0.05) is 12.1 Å². The van der Waals surface area contributed by atoms with E-state index in [1.807, 2.05) is 24.3 Å². The van der Waals surface area contributed by atoms with Crippen LogP contribution in [0.2, 0.25) is 0 Å². The number of nitrogens with one attached hydrogen (secondary N) is 1. The van der Waals surface area contributed by atoms with Crippen LogP contribution >= 0.6 is 0 Å². The number of hydrogen-bond donors (Lipinski definition) is 2. The van der Waals surface area contributed by atoms with Gasteiger partial charge in [0.2, 0.25) is 0 Å². The molecular formula is C13H20N2O2. The number of hydrazine groups is 1. The van der Waals surface area contributed by atoms with Gasteiger partial charge in [-0.05, 0) is 37.5 Å². The fraction of sp³-hybridized carbons (Fsp3) is 0.538. The molecule has 0 aliphatic carbocycles. The number of nitrogens with two attached hydrogens (primary N) is 1. The molecular weight excluding hydrogens is 216 g/mol. The predicted molar refractivity (Wildman–Crippen MR) is 66.6 cm³/mol. The normalized spacial score (nSPS) is 25.8. The summed E-state index contributed by atoms with van der Waals surface area (Å²) in [6.07, 6.45) is 2.59. The van der Waals surface area contributed by atoms with Gasteiger partial charge in [0.15, 0.2) is 0 Å². The Morgan fingerprint density at radius 3 is 2.88 bits per heavy atom. The minimum absolute atomic E-state index is 0.0232. The average molecular weight is 236 g/mol. The van der Waals surface area contributed by atoms with Gasteiger partial charge in [0.25, 0.3) is 0 Å². The lowest BCUT2D eigenvalue weighted by Gasteiger charge is -2.23. The Morgan fingerprint density at radius 2 is 2.29 bits per heavy atom. The van der Waals surface area contributed by atoms with E-state index in [1.165, 1.54) is 0 Å². The maximum absolute atomic E-state index is 5.86. The first-order valence-corrected chi connectivity index (χ1v) is 6.00. The smallest absolute Gasteiger partial charge is 0.119 e. The summed E-state index contributed by atoms with van der Waals surface area (Å²) >= 11 is 0. The van der Waals surface area contributed by atoms with E-state index < -0.39 is 0 Å². The molecule has 1 aliphatic rings. The molecule has 1 heterocycles. The Hall–Kier alpha value is -1.10. The second kappa shape index (κ2) is 5.49. The lowest BCUT2D eigenvalue weighted by Crippen LogP contribution is -2.36. The summed E-state index contributed by atoms with van der Waals surface area (Å²) in [4.78, 5) is 0. The summed E-state index contributed by atoms with van der Waals surface area (Å²) < 4.78 is 11.1. The van der Waals surface area contributed by atoms with Crippen molar-refractivity contribution < 1.29 is 9.47 Å². The van der Waals surface area contributed by atoms with E-state index in [0.29, 0.717) is 6.10 Å². The maximum atomic E-state index is 5.86. The largest absolute Gasteiger partial charge is 0.497 e. The minimum atomic E-state index is 0.0232. The summed E-state index contributed by atoms with van der Waals surface area (Å²) in [5.74, 6) is 6.49. The lowest BCUT2D eigenvalue weighted by molar-refractivity contribution is 0.0316. The van der Waals surface area contributed by atoms with Crippen molar-refractivity contribution in [2.75, 3.05) is 7.11 Å². The molecule has 1 fully saturated rings. The molecule has 0 spiro atoms. The van der Waals surface area contributed by atoms with Crippen LogP contribution in [0.3, 0.4) is 0 Å². The van der Waals surface area contributed by atoms with Crippen LogP contribution in [0.1, 0.15) is 31.4 Å². The van der Waals surface area contributed by atoms with E-state index >= 15 is 0 Å². The number of rotatable bonds is 4. The highest BCUT2D eigenvalue weighted by Crippen LogP contribution is 2.30. The van der Waals surface area contributed by atoms with Gasteiger partial charge < -0.3 is 9.47 Å². The van der Waals surface area contributed by atoms with Crippen LogP contribution in [-0.2, 0) is 4.74 Å². The van der Waals surface area contributed by atoms with Crippen molar-refractivity contribution in [2.45, 2.75) is 38.0 Å². The van der Waals surface area contributed by atoms with Crippen molar-refractivity contribution in [1.82, 2.24) is 5.43 Å². The molecule has 2 rings (SSSR count). The topological polar surface area (TPSA) is 56.5 Å². The maximum Gasteiger partial charge on any atom is 0.119 e. The SMILES string of the molecule is COc1cccc(C(NN)C2CCC(C)O2)c1. The quantitative estimate of drug-likeness (QED) is 0.618. The van der Waals surface area contributed by atoms with Crippen LogP contribution in [0.15, 0.2) is 24.3 Å². The molecule has 0 bridgehead atoms. The van der Waals surface area contributed by atoms with E-state index in [4.69, 9.17) is 15.3 Å². The van der Waals surface area contributed by atoms with Crippen LogP contribution in [-0.4, -0.2) is 19.3 Å². The molecule has 3 unspecified atom stereocenters. The summed E-state index contributed by atoms with van der Waals surface area (Å²) in [6.45, 7) is 2.10. The van der Waals surface area contributed by atoms with E-state index in [1.54, 1.807) is 7.11 Å². The third-order valence-electron chi connectivity index (χ3n) is 3.27. The standard InChI is InChI=1S/C13H20N2O2/c1-9-6-7-12(17-9)13(15-14)10-4-3-5-11(8-10)16-2/h3-5,8-9,12-13,15H,6-7,14H2,1-2H3. The van der Waals surface area contributed by atoms with Crippen LogP contribution < -0.4 is 16.0 Å². The van der Waals surface area contributed by atoms with E-state index in [9.17, 15) is 0 Å². The number of methoxy groups -OCH3 is 1. The Kier molecular flexibility index (Phi) is 3.99. The van der Waals surface area contributed by atoms with Gasteiger partial charge in [0.05, 0.1) is 25.4 Å². The Bertz CT molecular complexity index is 370. The second-order valence-corrected chi connectivity index (χ2v) is 4.48. The molecule has 4 nitrogen and oxygen atoms in total. The number of hydrogen-bond acceptors (Lipinski definition) is 4. The highest BCUT2D eigenvalue weighted by molar-refractivity contribution is 5.31. The lowest BCUT2D eigenvalue weighted by atomic mass is 9.99. The van der Waals surface area contributed by atoms with Crippen LogP contribution in [0.4, 0.5) is 0 Å². The van der Waals surface area contributed by atoms with Crippen LogP contribution in [0, 0.1) is 0 Å². The van der Waals surface area contributed by atoms with Crippen molar-refractivity contribution in [3.05, 3.63) is 29.8 Å². The first kappa shape index (κ1) is 12.4. The minimum Gasteiger partial charge on any atom is -0.497 e. The van der Waals surface area contributed by atoms with Gasteiger partial charge >= 0.3 is 0 Å². The van der Waals surface area contributed by atoms with Crippen molar-refractivity contribution in [3.8, 4) is 5.75 Å². The second-order valence-electron chi connectivity index (χ2n) is 4.48. The molecule has 17 heavy (non-hydrogen) atoms. The predicted octanol–water partition coefficient (Wildman–Crippen LogP) is 1.77. The molecule has 3 N–H and O–H groups in total. The fourth-order valence-electron chi connectivity index (χ4n) is 2.33. The summed E-state index contributed by atoms with van der Waals surface area (Å²) in [5, 5.41) is 0. The van der Waals surface area contributed by atoms with Crippen molar-refractivity contribution in [2.24, 2.45) is 5.84 Å². The molecule has 1 aromatic carbocycles. The van der Waals surface area contributed by atoms with Gasteiger partial charge in [0, 0.05) is 0 Å². The molecule has 1 saturated heterocycles. The van der Waals surface area contributed by atoms with Gasteiger partial charge in [-0.2, -0.15) is 0 Å². The van der Waals surface area contributed by atoms with Gasteiger partial charge in [-0.3, -0.25) is 11.3 Å². The molecule has 1 aliphatic heterocycles. The van der Waals surface area contributed by atoms with E-state index in [0.717, 1.165) is 24.2 Å². The molecule has 3 atom stereocenters. The van der Waals surface area contributed by atoms with E-state index in [-0.39, 0.29) is 12.1 Å². The number of benzene rings is 1. The van der Waals surface area contributed by atoms with Crippen LogP contribution in [0.25, 0.3) is 0 Å². The Morgan fingerprint density at radius 1 is 1.47 bits per heavy atom. The zero-order valence-electron chi connectivity index (χ0n) is 10.3. The zero-order valence-corrected chi connectivity index (χ0v) is 10.3. The highest BCUT2D eigenvalue weighted by Gasteiger charge is 2.30. The molecule has 0 radical (unpaired) electrons. The third kappa shape index (κ3) is 2.77. The van der Waals surface area contributed by atoms with Crippen molar-refractivity contribution in [3.63, 3.8) is 0 Å². The summed E-state index contributed by atoms with van der Waals surface area (Å²) in [7, 11) is 1.66. The highest BCUT2D eigenvalue weighted by atomic mass is 16.5. The third-order valence-corrected chi connectivity index (χ3v) is 3.27. The Labute approximate surface area is 102 Å². The van der Waals surface area contributed by atoms with Gasteiger partial charge in [-0.25, -0.2) is 0 Å².